The van der Waals surface area contributed by atoms with Crippen molar-refractivity contribution in [1.29, 1.82) is 0 Å². The number of sulfonamides is 1. The van der Waals surface area contributed by atoms with Crippen molar-refractivity contribution in [3.05, 3.63) is 18.0 Å². The Bertz CT molecular complexity index is 834. The van der Waals surface area contributed by atoms with Gasteiger partial charge in [-0.15, -0.1) is 0 Å². The molecule has 2 saturated heterocycles. The fraction of sp³-hybridized carbons (Fsp3) is 0.600. The summed E-state index contributed by atoms with van der Waals surface area (Å²) in [6, 6.07) is 1.65. The van der Waals surface area contributed by atoms with Gasteiger partial charge >= 0.3 is 0 Å². The molecule has 1 atom stereocenters. The van der Waals surface area contributed by atoms with E-state index >= 15 is 0 Å². The zero-order chi connectivity index (χ0) is 16.1. The van der Waals surface area contributed by atoms with Crippen LogP contribution in [0.2, 0.25) is 0 Å². The second-order valence-corrected chi connectivity index (χ2v) is 8.20. The van der Waals surface area contributed by atoms with Crippen LogP contribution in [0.25, 0.3) is 11.1 Å². The number of pyridine rings is 1. The van der Waals surface area contributed by atoms with Crippen LogP contribution in [0, 0.1) is 0 Å². The van der Waals surface area contributed by atoms with Crippen LogP contribution in [0.4, 0.5) is 0 Å². The second-order valence-electron chi connectivity index (χ2n) is 6.34. The molecule has 0 bridgehead atoms. The molecular formula is C15H20N4O3S. The van der Waals surface area contributed by atoms with Gasteiger partial charge in [-0.3, -0.25) is 0 Å². The van der Waals surface area contributed by atoms with E-state index in [0.29, 0.717) is 24.1 Å². The van der Waals surface area contributed by atoms with Crippen molar-refractivity contribution < 1.29 is 12.9 Å². The Hall–Kier alpha value is -1.51. The van der Waals surface area contributed by atoms with Crippen molar-refractivity contribution in [2.24, 2.45) is 0 Å². The van der Waals surface area contributed by atoms with Gasteiger partial charge in [-0.2, -0.15) is 4.31 Å². The summed E-state index contributed by atoms with van der Waals surface area (Å²) >= 11 is 0. The lowest BCUT2D eigenvalue weighted by Gasteiger charge is -2.33. The van der Waals surface area contributed by atoms with Crippen molar-refractivity contribution in [3.8, 4) is 0 Å². The first-order valence-corrected chi connectivity index (χ1v) is 9.49. The van der Waals surface area contributed by atoms with E-state index < -0.39 is 10.0 Å². The van der Waals surface area contributed by atoms with E-state index in [1.165, 1.54) is 6.20 Å². The summed E-state index contributed by atoms with van der Waals surface area (Å²) in [5.74, 6) is 0. The van der Waals surface area contributed by atoms with E-state index in [4.69, 9.17) is 4.52 Å². The highest BCUT2D eigenvalue weighted by Crippen LogP contribution is 2.39. The van der Waals surface area contributed by atoms with Crippen LogP contribution in [0.15, 0.2) is 21.7 Å². The lowest BCUT2D eigenvalue weighted by Crippen LogP contribution is -2.48. The first kappa shape index (κ1) is 15.0. The lowest BCUT2D eigenvalue weighted by molar-refractivity contribution is 0.264. The molecule has 2 aliphatic heterocycles. The molecule has 2 fully saturated rings. The SMILES string of the molecule is CCc1noc2ncc(S(=O)(=O)N3CCCC34CCNC4)cc12. The van der Waals surface area contributed by atoms with E-state index in [9.17, 15) is 8.42 Å². The number of fused-ring (bicyclic) bond motifs is 1. The van der Waals surface area contributed by atoms with E-state index in [1.54, 1.807) is 10.4 Å². The Labute approximate surface area is 135 Å². The van der Waals surface area contributed by atoms with E-state index in [0.717, 1.165) is 38.0 Å². The fourth-order valence-electron chi connectivity index (χ4n) is 3.83. The molecule has 0 amide bonds. The number of hydrogen-bond donors (Lipinski definition) is 1. The highest BCUT2D eigenvalue weighted by atomic mass is 32.2. The molecule has 2 aliphatic rings. The molecule has 23 heavy (non-hydrogen) atoms. The van der Waals surface area contributed by atoms with Gasteiger partial charge in [0.25, 0.3) is 5.71 Å². The fourth-order valence-corrected chi connectivity index (χ4v) is 5.66. The maximum Gasteiger partial charge on any atom is 0.258 e. The maximum absolute atomic E-state index is 13.2. The Kier molecular flexibility index (Phi) is 3.44. The molecule has 4 rings (SSSR count). The zero-order valence-electron chi connectivity index (χ0n) is 13.1. The second kappa shape index (κ2) is 5.25. The minimum atomic E-state index is -3.56. The van der Waals surface area contributed by atoms with Gasteiger partial charge in [-0.25, -0.2) is 13.4 Å². The van der Waals surface area contributed by atoms with Crippen LogP contribution in [-0.4, -0.2) is 48.0 Å². The van der Waals surface area contributed by atoms with Crippen LogP contribution in [-0.2, 0) is 16.4 Å². The summed E-state index contributed by atoms with van der Waals surface area (Å²) in [5, 5.41) is 7.94. The molecule has 4 heterocycles. The highest BCUT2D eigenvalue weighted by Gasteiger charge is 2.49. The van der Waals surface area contributed by atoms with Gasteiger partial charge in [-0.05, 0) is 38.3 Å². The lowest BCUT2D eigenvalue weighted by atomic mass is 9.97. The predicted octanol–water partition coefficient (Wildman–Crippen LogP) is 1.30. The van der Waals surface area contributed by atoms with Gasteiger partial charge in [-0.1, -0.05) is 12.1 Å². The third kappa shape index (κ3) is 2.20. The van der Waals surface area contributed by atoms with E-state index in [2.05, 4.69) is 15.5 Å². The minimum absolute atomic E-state index is 0.232. The minimum Gasteiger partial charge on any atom is -0.336 e. The monoisotopic (exact) mass is 336 g/mol. The van der Waals surface area contributed by atoms with Gasteiger partial charge in [0.05, 0.1) is 17.3 Å². The molecule has 0 saturated carbocycles. The molecule has 124 valence electrons. The van der Waals surface area contributed by atoms with Crippen molar-refractivity contribution in [2.75, 3.05) is 19.6 Å². The van der Waals surface area contributed by atoms with Crippen molar-refractivity contribution in [1.82, 2.24) is 19.8 Å². The van der Waals surface area contributed by atoms with Crippen LogP contribution >= 0.6 is 0 Å². The molecule has 2 aromatic rings. The van der Waals surface area contributed by atoms with Gasteiger partial charge in [0.15, 0.2) is 0 Å². The maximum atomic E-state index is 13.2. The Morgan fingerprint density at radius 1 is 1.43 bits per heavy atom. The largest absolute Gasteiger partial charge is 0.336 e. The average Bonchev–Trinajstić information content (AvgIpc) is 3.27. The molecule has 1 spiro atoms. The topological polar surface area (TPSA) is 88.3 Å². The summed E-state index contributed by atoms with van der Waals surface area (Å²) in [7, 11) is -3.56. The van der Waals surface area contributed by atoms with Crippen molar-refractivity contribution >= 4 is 21.1 Å². The molecule has 8 heteroatoms. The van der Waals surface area contributed by atoms with Crippen LogP contribution in [0.5, 0.6) is 0 Å². The normalized spacial score (nSPS) is 25.8. The number of aromatic nitrogens is 2. The number of nitrogens with zero attached hydrogens (tertiary/aromatic N) is 3. The average molecular weight is 336 g/mol. The molecular weight excluding hydrogens is 316 g/mol. The Morgan fingerprint density at radius 3 is 3.04 bits per heavy atom. The smallest absolute Gasteiger partial charge is 0.258 e. The number of nitrogens with one attached hydrogen (secondary N) is 1. The third-order valence-corrected chi connectivity index (χ3v) is 7.02. The number of rotatable bonds is 3. The summed E-state index contributed by atoms with van der Waals surface area (Å²) in [4.78, 5) is 4.38. The molecule has 7 nitrogen and oxygen atoms in total. The van der Waals surface area contributed by atoms with Gasteiger partial charge in [0.2, 0.25) is 10.0 Å². The van der Waals surface area contributed by atoms with Crippen molar-refractivity contribution in [3.63, 3.8) is 0 Å². The molecule has 0 radical (unpaired) electrons. The number of hydrogen-bond acceptors (Lipinski definition) is 6. The standard InChI is InChI=1S/C15H20N4O3S/c1-2-13-12-8-11(9-17-14(12)22-18-13)23(20,21)19-7-3-4-15(19)5-6-16-10-15/h8-9,16H,2-7,10H2,1H3. The highest BCUT2D eigenvalue weighted by molar-refractivity contribution is 7.89. The molecule has 1 N–H and O–H groups in total. The summed E-state index contributed by atoms with van der Waals surface area (Å²) in [5.41, 5.74) is 0.860. The van der Waals surface area contributed by atoms with Gasteiger partial charge in [0, 0.05) is 18.6 Å². The Balaban J connectivity index is 1.79. The van der Waals surface area contributed by atoms with Gasteiger partial charge < -0.3 is 9.84 Å². The quantitative estimate of drug-likeness (QED) is 0.909. The van der Waals surface area contributed by atoms with E-state index in [-0.39, 0.29) is 10.4 Å². The first-order chi connectivity index (χ1) is 11.1. The third-order valence-electron chi connectivity index (χ3n) is 5.06. The van der Waals surface area contributed by atoms with Crippen molar-refractivity contribution in [2.45, 2.75) is 43.0 Å². The predicted molar refractivity (Wildman–Crippen MR) is 84.5 cm³/mol. The first-order valence-electron chi connectivity index (χ1n) is 8.05. The summed E-state index contributed by atoms with van der Waals surface area (Å²) < 4.78 is 33.2. The zero-order valence-corrected chi connectivity index (χ0v) is 13.9. The van der Waals surface area contributed by atoms with Crippen LogP contribution in [0.1, 0.15) is 31.9 Å². The molecule has 1 unspecified atom stereocenters. The molecule has 2 aromatic heterocycles. The summed E-state index contributed by atoms with van der Waals surface area (Å²) in [6.45, 7) is 4.13. The molecule has 0 aliphatic carbocycles. The van der Waals surface area contributed by atoms with Crippen LogP contribution < -0.4 is 5.32 Å². The molecule has 0 aromatic carbocycles. The Morgan fingerprint density at radius 2 is 2.30 bits per heavy atom. The summed E-state index contributed by atoms with van der Waals surface area (Å²) in [6.07, 6.45) is 4.76. The van der Waals surface area contributed by atoms with Crippen LogP contribution in [0.3, 0.4) is 0 Å². The van der Waals surface area contributed by atoms with E-state index in [1.807, 2.05) is 6.92 Å². The number of aryl methyl sites for hydroxylation is 1. The van der Waals surface area contributed by atoms with Gasteiger partial charge in [0.1, 0.15) is 4.90 Å².